The van der Waals surface area contributed by atoms with Crippen molar-refractivity contribution in [3.8, 4) is 6.07 Å². The van der Waals surface area contributed by atoms with Gasteiger partial charge in [0.1, 0.15) is 4.83 Å². The largest absolute Gasteiger partial charge is 0.197 e. The van der Waals surface area contributed by atoms with Crippen LogP contribution in [0, 0.1) is 17.2 Å². The van der Waals surface area contributed by atoms with Crippen molar-refractivity contribution in [3.05, 3.63) is 0 Å². The molecule has 0 N–H and O–H groups in total. The van der Waals surface area contributed by atoms with Crippen LogP contribution in [-0.4, -0.2) is 10.1 Å². The van der Waals surface area contributed by atoms with E-state index in [0.717, 1.165) is 25.7 Å². The highest BCUT2D eigenvalue weighted by molar-refractivity contribution is 9.09. The van der Waals surface area contributed by atoms with Gasteiger partial charge in [-0.25, -0.2) is 0 Å². The van der Waals surface area contributed by atoms with E-state index in [-0.39, 0.29) is 4.83 Å². The predicted molar refractivity (Wildman–Crippen MR) is 53.1 cm³/mol. The number of hydrogen-bond acceptors (Lipinski definition) is 2. The lowest BCUT2D eigenvalue weighted by atomic mass is 9.87. The predicted octanol–water partition coefficient (Wildman–Crippen LogP) is 2.76. The Morgan fingerprint density at radius 2 is 1.91 bits per heavy atom. The van der Waals surface area contributed by atoms with Crippen LogP contribution in [0.5, 0.6) is 0 Å². The summed E-state index contributed by atoms with van der Waals surface area (Å²) >= 11 is 7.77. The van der Waals surface area contributed by atoms with E-state index >= 15 is 0 Å². The van der Waals surface area contributed by atoms with Crippen LogP contribution in [0.25, 0.3) is 0 Å². The van der Waals surface area contributed by atoms with E-state index < -0.39 is 0 Å². The Kier molecular flexibility index (Phi) is 3.74. The molecule has 0 radical (unpaired) electrons. The number of alkyl halides is 1. The maximum atomic E-state index is 8.64. The van der Waals surface area contributed by atoms with E-state index in [1.807, 2.05) is 0 Å². The van der Waals surface area contributed by atoms with E-state index in [1.54, 1.807) is 0 Å². The van der Waals surface area contributed by atoms with Gasteiger partial charge in [-0.15, -0.1) is 0 Å². The lowest BCUT2D eigenvalue weighted by Gasteiger charge is -2.26. The van der Waals surface area contributed by atoms with Crippen LogP contribution in [0.3, 0.4) is 0 Å². The molecular weight excluding hydrogens is 222 g/mol. The van der Waals surface area contributed by atoms with Gasteiger partial charge in [-0.1, -0.05) is 15.9 Å². The number of hydrogen-bond donors (Lipinski definition) is 1. The molecule has 0 aliphatic heterocycles. The van der Waals surface area contributed by atoms with Gasteiger partial charge in [-0.05, 0) is 31.6 Å². The summed E-state index contributed by atoms with van der Waals surface area (Å²) in [6, 6.07) is 2.24. The summed E-state index contributed by atoms with van der Waals surface area (Å²) in [6.45, 7) is 0. The molecule has 1 aliphatic rings. The summed E-state index contributed by atoms with van der Waals surface area (Å²) in [4.78, 5) is 0.0586. The zero-order valence-electron chi connectivity index (χ0n) is 6.33. The Morgan fingerprint density at radius 1 is 1.36 bits per heavy atom. The van der Waals surface area contributed by atoms with Crippen LogP contribution in [0.2, 0.25) is 0 Å². The molecule has 0 bridgehead atoms. The lowest BCUT2D eigenvalue weighted by molar-refractivity contribution is 0.381. The van der Waals surface area contributed by atoms with Crippen molar-refractivity contribution in [2.24, 2.45) is 5.92 Å². The first-order valence-corrected chi connectivity index (χ1v) is 5.39. The molecule has 1 rings (SSSR count). The van der Waals surface area contributed by atoms with Gasteiger partial charge >= 0.3 is 0 Å². The highest BCUT2D eigenvalue weighted by atomic mass is 79.9. The second kappa shape index (κ2) is 4.37. The molecule has 1 aliphatic carbocycles. The summed E-state index contributed by atoms with van der Waals surface area (Å²) in [5, 5.41) is 9.21. The Labute approximate surface area is 81.7 Å². The molecule has 0 heterocycles. The molecule has 0 aromatic carbocycles. The van der Waals surface area contributed by atoms with Crippen molar-refractivity contribution < 1.29 is 0 Å². The fraction of sp³-hybridized carbons (Fsp3) is 0.875. The summed E-state index contributed by atoms with van der Waals surface area (Å²) < 4.78 is 0. The van der Waals surface area contributed by atoms with Gasteiger partial charge in [-0.2, -0.15) is 17.9 Å². The Bertz CT molecular complexity index is 158. The zero-order valence-corrected chi connectivity index (χ0v) is 8.81. The zero-order chi connectivity index (χ0) is 8.27. The first-order valence-electron chi connectivity index (χ1n) is 3.96. The van der Waals surface area contributed by atoms with Crippen LogP contribution in [0.1, 0.15) is 25.7 Å². The van der Waals surface area contributed by atoms with Gasteiger partial charge in [0.15, 0.2) is 0 Å². The number of rotatable bonds is 1. The fourth-order valence-corrected chi connectivity index (χ4v) is 2.33. The topological polar surface area (TPSA) is 23.8 Å². The molecule has 1 saturated carbocycles. The van der Waals surface area contributed by atoms with Gasteiger partial charge in [0.2, 0.25) is 0 Å². The van der Waals surface area contributed by atoms with E-state index in [2.05, 4.69) is 34.6 Å². The average Bonchev–Trinajstić information content (AvgIpc) is 2.05. The molecular formula is C8H12BrNS. The minimum Gasteiger partial charge on any atom is -0.197 e. The normalized spacial score (nSPS) is 34.3. The summed E-state index contributed by atoms with van der Waals surface area (Å²) in [6.07, 6.45) is 4.63. The number of nitrogens with zero attached hydrogens (tertiary/aromatic N) is 1. The second-order valence-electron chi connectivity index (χ2n) is 3.10. The van der Waals surface area contributed by atoms with Gasteiger partial charge in [0, 0.05) is 5.25 Å². The van der Waals surface area contributed by atoms with Gasteiger partial charge in [0.25, 0.3) is 0 Å². The Hall–Kier alpha value is 0.320. The lowest BCUT2D eigenvalue weighted by Crippen LogP contribution is -2.20. The van der Waals surface area contributed by atoms with Gasteiger partial charge in [0.05, 0.1) is 6.07 Å². The third kappa shape index (κ3) is 2.68. The van der Waals surface area contributed by atoms with Crippen LogP contribution in [0.4, 0.5) is 0 Å². The summed E-state index contributed by atoms with van der Waals surface area (Å²) in [5.41, 5.74) is 0. The number of halogens is 1. The molecule has 0 aromatic rings. The standard InChI is InChI=1S/C8H12BrNS/c9-8(5-10)6-1-3-7(11)4-2-6/h6-8,11H,1-4H2. The Balaban J connectivity index is 2.34. The molecule has 0 saturated heterocycles. The minimum atomic E-state index is 0.0586. The highest BCUT2D eigenvalue weighted by Crippen LogP contribution is 2.31. The van der Waals surface area contributed by atoms with Crippen LogP contribution >= 0.6 is 28.6 Å². The monoisotopic (exact) mass is 233 g/mol. The fourth-order valence-electron chi connectivity index (χ4n) is 1.50. The van der Waals surface area contributed by atoms with Gasteiger partial charge < -0.3 is 0 Å². The third-order valence-corrected chi connectivity index (χ3v) is 3.75. The molecule has 0 spiro atoms. The maximum absolute atomic E-state index is 8.64. The average molecular weight is 234 g/mol. The van der Waals surface area contributed by atoms with Crippen LogP contribution in [0.15, 0.2) is 0 Å². The van der Waals surface area contributed by atoms with E-state index in [9.17, 15) is 0 Å². The molecule has 3 heteroatoms. The van der Waals surface area contributed by atoms with Crippen molar-refractivity contribution in [1.82, 2.24) is 0 Å². The third-order valence-electron chi connectivity index (χ3n) is 2.28. The van der Waals surface area contributed by atoms with Crippen LogP contribution < -0.4 is 0 Å². The van der Waals surface area contributed by atoms with Crippen molar-refractivity contribution in [2.75, 3.05) is 0 Å². The summed E-state index contributed by atoms with van der Waals surface area (Å²) in [5.74, 6) is 0.559. The molecule has 1 unspecified atom stereocenters. The molecule has 1 nitrogen and oxygen atoms in total. The molecule has 1 fully saturated rings. The van der Waals surface area contributed by atoms with Crippen LogP contribution in [-0.2, 0) is 0 Å². The first-order chi connectivity index (χ1) is 5.24. The number of thiol groups is 1. The molecule has 1 atom stereocenters. The van der Waals surface area contributed by atoms with E-state index in [1.165, 1.54) is 0 Å². The molecule has 0 amide bonds. The summed E-state index contributed by atoms with van der Waals surface area (Å²) in [7, 11) is 0. The molecule has 0 aromatic heterocycles. The smallest absolute Gasteiger partial charge is 0.104 e. The highest BCUT2D eigenvalue weighted by Gasteiger charge is 2.24. The van der Waals surface area contributed by atoms with E-state index in [4.69, 9.17) is 5.26 Å². The van der Waals surface area contributed by atoms with E-state index in [0.29, 0.717) is 11.2 Å². The SMILES string of the molecule is N#CC(Br)C1CCC(S)CC1. The maximum Gasteiger partial charge on any atom is 0.104 e. The second-order valence-corrected chi connectivity index (χ2v) is 4.82. The quantitative estimate of drug-likeness (QED) is 0.547. The minimum absolute atomic E-state index is 0.0586. The van der Waals surface area contributed by atoms with Crippen molar-refractivity contribution >= 4 is 28.6 Å². The van der Waals surface area contributed by atoms with Crippen molar-refractivity contribution in [3.63, 3.8) is 0 Å². The molecule has 11 heavy (non-hydrogen) atoms. The van der Waals surface area contributed by atoms with Crippen molar-refractivity contribution in [1.29, 1.82) is 5.26 Å². The van der Waals surface area contributed by atoms with Crippen molar-refractivity contribution in [2.45, 2.75) is 35.8 Å². The van der Waals surface area contributed by atoms with Gasteiger partial charge in [-0.3, -0.25) is 0 Å². The number of nitriles is 1. The Morgan fingerprint density at radius 3 is 2.36 bits per heavy atom. The molecule has 62 valence electrons. The first kappa shape index (κ1) is 9.41.